The Morgan fingerprint density at radius 3 is 2.96 bits per heavy atom. The van der Waals surface area contributed by atoms with Crippen LogP contribution in [0.5, 0.6) is 0 Å². The average Bonchev–Trinajstić information content (AvgIpc) is 2.97. The molecule has 1 atom stereocenters. The molecule has 0 spiro atoms. The van der Waals surface area contributed by atoms with E-state index in [1.54, 1.807) is 4.57 Å². The van der Waals surface area contributed by atoms with E-state index in [-0.39, 0.29) is 17.5 Å². The fourth-order valence-corrected chi connectivity index (χ4v) is 3.81. The van der Waals surface area contributed by atoms with Crippen LogP contribution in [0.15, 0.2) is 52.5 Å². The number of carbonyl (C=O) groups excluding carboxylic acids is 1. The SMILES string of the molecule is O=C(C[C@H]1CSc2nccc(=O)n21)NCCCc1ccccc1. The van der Waals surface area contributed by atoms with Crippen LogP contribution in [0.3, 0.4) is 0 Å². The van der Waals surface area contributed by atoms with Crippen LogP contribution in [0.2, 0.25) is 0 Å². The van der Waals surface area contributed by atoms with Crippen molar-refractivity contribution in [1.82, 2.24) is 14.9 Å². The highest BCUT2D eigenvalue weighted by Gasteiger charge is 2.26. The lowest BCUT2D eigenvalue weighted by molar-refractivity contribution is -0.121. The van der Waals surface area contributed by atoms with E-state index in [0.29, 0.717) is 18.1 Å². The van der Waals surface area contributed by atoms with Gasteiger partial charge in [-0.05, 0) is 18.4 Å². The number of carbonyl (C=O) groups is 1. The molecule has 0 saturated heterocycles. The summed E-state index contributed by atoms with van der Waals surface area (Å²) in [5.41, 5.74) is 1.20. The van der Waals surface area contributed by atoms with Gasteiger partial charge in [0, 0.05) is 31.0 Å². The number of fused-ring (bicyclic) bond motifs is 1. The van der Waals surface area contributed by atoms with E-state index in [1.165, 1.54) is 29.6 Å². The highest BCUT2D eigenvalue weighted by molar-refractivity contribution is 7.99. The van der Waals surface area contributed by atoms with Gasteiger partial charge >= 0.3 is 0 Å². The molecule has 2 aromatic rings. The maximum absolute atomic E-state index is 12.1. The van der Waals surface area contributed by atoms with Crippen molar-refractivity contribution in [3.8, 4) is 0 Å². The number of nitrogens with one attached hydrogen (secondary N) is 1. The fourth-order valence-electron chi connectivity index (χ4n) is 2.69. The van der Waals surface area contributed by atoms with Crippen LogP contribution < -0.4 is 10.9 Å². The molecule has 1 N–H and O–H groups in total. The number of benzene rings is 1. The molecule has 23 heavy (non-hydrogen) atoms. The zero-order valence-electron chi connectivity index (χ0n) is 12.8. The number of aromatic nitrogens is 2. The molecule has 1 aromatic carbocycles. The second-order valence-corrected chi connectivity index (χ2v) is 6.53. The fraction of sp³-hybridized carbons (Fsp3) is 0.353. The summed E-state index contributed by atoms with van der Waals surface area (Å²) in [5.74, 6) is 0.719. The Morgan fingerprint density at radius 2 is 2.13 bits per heavy atom. The van der Waals surface area contributed by atoms with Crippen LogP contribution in [0, 0.1) is 0 Å². The lowest BCUT2D eigenvalue weighted by atomic mass is 10.1. The highest BCUT2D eigenvalue weighted by Crippen LogP contribution is 2.31. The van der Waals surface area contributed by atoms with Crippen LogP contribution in [0.25, 0.3) is 0 Å². The molecule has 0 aliphatic carbocycles. The predicted octanol–water partition coefficient (Wildman–Crippen LogP) is 2.03. The molecule has 1 aliphatic heterocycles. The number of rotatable bonds is 6. The minimum absolute atomic E-state index is 0.00716. The molecule has 1 aromatic heterocycles. The van der Waals surface area contributed by atoms with E-state index in [1.807, 2.05) is 18.2 Å². The van der Waals surface area contributed by atoms with Crippen LogP contribution in [0.4, 0.5) is 0 Å². The van der Waals surface area contributed by atoms with Crippen LogP contribution in [-0.4, -0.2) is 27.8 Å². The Kier molecular flexibility index (Phi) is 5.12. The monoisotopic (exact) mass is 329 g/mol. The Balaban J connectivity index is 1.45. The lowest BCUT2D eigenvalue weighted by Gasteiger charge is -2.12. The number of hydrogen-bond donors (Lipinski definition) is 1. The van der Waals surface area contributed by atoms with Gasteiger partial charge in [-0.3, -0.25) is 14.2 Å². The van der Waals surface area contributed by atoms with Crippen molar-refractivity contribution in [2.24, 2.45) is 0 Å². The van der Waals surface area contributed by atoms with Crippen molar-refractivity contribution in [2.75, 3.05) is 12.3 Å². The van der Waals surface area contributed by atoms with Crippen molar-refractivity contribution >= 4 is 17.7 Å². The molecule has 5 nitrogen and oxygen atoms in total. The van der Waals surface area contributed by atoms with Gasteiger partial charge < -0.3 is 5.32 Å². The van der Waals surface area contributed by atoms with Gasteiger partial charge in [0.05, 0.1) is 6.04 Å². The van der Waals surface area contributed by atoms with Gasteiger partial charge in [-0.2, -0.15) is 0 Å². The molecule has 0 bridgehead atoms. The maximum Gasteiger partial charge on any atom is 0.254 e. The standard InChI is InChI=1S/C17H19N3O2S/c21-15(18-9-4-7-13-5-2-1-3-6-13)11-14-12-23-17-19-10-8-16(22)20(14)17/h1-3,5-6,8,10,14H,4,7,9,11-12H2,(H,18,21)/t14-/m0/s1. The summed E-state index contributed by atoms with van der Waals surface area (Å²) in [5, 5.41) is 3.65. The third-order valence-electron chi connectivity index (χ3n) is 3.84. The minimum Gasteiger partial charge on any atom is -0.356 e. The molecular weight excluding hydrogens is 310 g/mol. The number of amides is 1. The quantitative estimate of drug-likeness (QED) is 0.650. The largest absolute Gasteiger partial charge is 0.356 e. The Hall–Kier alpha value is -2.08. The van der Waals surface area contributed by atoms with Crippen LogP contribution in [0.1, 0.15) is 24.4 Å². The molecule has 1 aliphatic rings. The number of aryl methyl sites for hydroxylation is 1. The van der Waals surface area contributed by atoms with Gasteiger partial charge in [0.2, 0.25) is 5.91 Å². The molecule has 3 rings (SSSR count). The summed E-state index contributed by atoms with van der Waals surface area (Å²) in [4.78, 5) is 28.2. The first-order valence-corrected chi connectivity index (χ1v) is 8.73. The topological polar surface area (TPSA) is 64.0 Å². The first kappa shape index (κ1) is 15.8. The smallest absolute Gasteiger partial charge is 0.254 e. The summed E-state index contributed by atoms with van der Waals surface area (Å²) < 4.78 is 1.63. The van der Waals surface area contributed by atoms with Gasteiger partial charge in [-0.25, -0.2) is 4.98 Å². The normalized spacial score (nSPS) is 16.1. The molecular formula is C17H19N3O2S. The number of nitrogens with zero attached hydrogens (tertiary/aromatic N) is 2. The van der Waals surface area contributed by atoms with E-state index in [4.69, 9.17) is 0 Å². The van der Waals surface area contributed by atoms with E-state index in [0.717, 1.165) is 18.6 Å². The summed E-state index contributed by atoms with van der Waals surface area (Å²) in [7, 11) is 0. The summed E-state index contributed by atoms with van der Waals surface area (Å²) in [6.45, 7) is 0.655. The molecule has 0 saturated carbocycles. The second kappa shape index (κ2) is 7.46. The molecule has 120 valence electrons. The lowest BCUT2D eigenvalue weighted by Crippen LogP contribution is -2.30. The van der Waals surface area contributed by atoms with Crippen molar-refractivity contribution in [3.05, 3.63) is 58.5 Å². The third-order valence-corrected chi connectivity index (χ3v) is 4.96. The molecule has 0 fully saturated rings. The Labute approximate surface area is 139 Å². The van der Waals surface area contributed by atoms with Crippen molar-refractivity contribution < 1.29 is 4.79 Å². The average molecular weight is 329 g/mol. The van der Waals surface area contributed by atoms with Crippen molar-refractivity contribution in [1.29, 1.82) is 0 Å². The summed E-state index contributed by atoms with van der Waals surface area (Å²) in [6.07, 6.45) is 3.71. The molecule has 0 radical (unpaired) electrons. The van der Waals surface area contributed by atoms with Crippen molar-refractivity contribution in [2.45, 2.75) is 30.5 Å². The number of thioether (sulfide) groups is 1. The molecule has 2 heterocycles. The zero-order valence-corrected chi connectivity index (χ0v) is 13.6. The minimum atomic E-state index is -0.0923. The number of hydrogen-bond acceptors (Lipinski definition) is 4. The van der Waals surface area contributed by atoms with Crippen molar-refractivity contribution in [3.63, 3.8) is 0 Å². The second-order valence-electron chi connectivity index (χ2n) is 5.54. The first-order valence-electron chi connectivity index (χ1n) is 7.75. The Morgan fingerprint density at radius 1 is 1.30 bits per heavy atom. The first-order chi connectivity index (χ1) is 11.2. The molecule has 0 unspecified atom stereocenters. The van der Waals surface area contributed by atoms with E-state index >= 15 is 0 Å². The van der Waals surface area contributed by atoms with E-state index in [9.17, 15) is 9.59 Å². The summed E-state index contributed by atoms with van der Waals surface area (Å²) in [6, 6.07) is 11.6. The molecule has 6 heteroatoms. The highest BCUT2D eigenvalue weighted by atomic mass is 32.2. The van der Waals surface area contributed by atoms with E-state index < -0.39 is 0 Å². The molecule has 1 amide bonds. The van der Waals surface area contributed by atoms with Gasteiger partial charge in [0.25, 0.3) is 5.56 Å². The maximum atomic E-state index is 12.1. The van der Waals surface area contributed by atoms with Gasteiger partial charge in [0.1, 0.15) is 0 Å². The predicted molar refractivity (Wildman–Crippen MR) is 90.6 cm³/mol. The summed E-state index contributed by atoms with van der Waals surface area (Å²) >= 11 is 1.53. The Bertz CT molecular complexity index is 730. The van der Waals surface area contributed by atoms with E-state index in [2.05, 4.69) is 22.4 Å². The van der Waals surface area contributed by atoms with Gasteiger partial charge in [0.15, 0.2) is 5.16 Å². The third kappa shape index (κ3) is 4.01. The van der Waals surface area contributed by atoms with Crippen LogP contribution >= 0.6 is 11.8 Å². The van der Waals surface area contributed by atoms with Gasteiger partial charge in [-0.15, -0.1) is 0 Å². The van der Waals surface area contributed by atoms with Crippen LogP contribution in [-0.2, 0) is 11.2 Å². The van der Waals surface area contributed by atoms with Gasteiger partial charge in [-0.1, -0.05) is 42.1 Å². The zero-order chi connectivity index (χ0) is 16.1.